The van der Waals surface area contributed by atoms with Crippen LogP contribution in [0.15, 0.2) is 0 Å². The monoisotopic (exact) mass is 300 g/mol. The summed E-state index contributed by atoms with van der Waals surface area (Å²) in [6.07, 6.45) is 5.50. The van der Waals surface area contributed by atoms with Crippen molar-refractivity contribution in [3.05, 3.63) is 0 Å². The first kappa shape index (κ1) is 15.5. The van der Waals surface area contributed by atoms with Gasteiger partial charge >= 0.3 is 12.0 Å². The summed E-state index contributed by atoms with van der Waals surface area (Å²) in [6, 6.07) is -0.288. The minimum atomic E-state index is -0.774. The maximum atomic E-state index is 12.3. The summed E-state index contributed by atoms with van der Waals surface area (Å²) >= 11 is 1.88. The molecule has 1 heterocycles. The third kappa shape index (κ3) is 4.30. The Balaban J connectivity index is 1.94. The zero-order valence-corrected chi connectivity index (χ0v) is 12.7. The quantitative estimate of drug-likeness (QED) is 0.767. The van der Waals surface area contributed by atoms with E-state index in [4.69, 9.17) is 0 Å². The molecule has 0 radical (unpaired) electrons. The minimum absolute atomic E-state index is 0.0781. The van der Waals surface area contributed by atoms with Gasteiger partial charge in [-0.1, -0.05) is 19.3 Å². The number of carboxylic acids is 1. The van der Waals surface area contributed by atoms with Crippen LogP contribution < -0.4 is 5.32 Å². The second-order valence-corrected chi connectivity index (χ2v) is 6.82. The van der Waals surface area contributed by atoms with Gasteiger partial charge in [0, 0.05) is 24.9 Å². The Bertz CT molecular complexity index is 343. The highest BCUT2D eigenvalue weighted by Gasteiger charge is 2.31. The van der Waals surface area contributed by atoms with E-state index < -0.39 is 11.9 Å². The van der Waals surface area contributed by atoms with Crippen molar-refractivity contribution in [2.75, 3.05) is 24.6 Å². The van der Waals surface area contributed by atoms with Crippen LogP contribution in [0.25, 0.3) is 0 Å². The molecule has 1 aliphatic carbocycles. The molecular weight excluding hydrogens is 276 g/mol. The molecule has 5 nitrogen and oxygen atoms in total. The van der Waals surface area contributed by atoms with Crippen LogP contribution in [0.5, 0.6) is 0 Å². The average molecular weight is 300 g/mol. The minimum Gasteiger partial charge on any atom is -0.481 e. The Morgan fingerprint density at radius 3 is 2.65 bits per heavy atom. The van der Waals surface area contributed by atoms with E-state index in [9.17, 15) is 14.7 Å². The molecule has 114 valence electrons. The van der Waals surface area contributed by atoms with Crippen LogP contribution in [-0.2, 0) is 4.79 Å². The maximum absolute atomic E-state index is 12.3. The zero-order valence-electron chi connectivity index (χ0n) is 11.8. The number of nitrogens with zero attached hydrogens (tertiary/aromatic N) is 1. The molecule has 1 saturated carbocycles. The standard InChI is InChI=1S/C14H24N2O3S/c17-13(18)11-5-2-1-3-6-12(11)15-14(19)16-7-4-9-20-10-8-16/h11-12H,1-10H2,(H,15,19)(H,17,18). The molecule has 0 spiro atoms. The Morgan fingerprint density at radius 1 is 1.05 bits per heavy atom. The summed E-state index contributed by atoms with van der Waals surface area (Å²) in [4.78, 5) is 25.5. The van der Waals surface area contributed by atoms with Gasteiger partial charge in [0.2, 0.25) is 0 Å². The lowest BCUT2D eigenvalue weighted by Gasteiger charge is -2.27. The van der Waals surface area contributed by atoms with Crippen LogP contribution in [0.2, 0.25) is 0 Å². The highest BCUT2D eigenvalue weighted by Crippen LogP contribution is 2.24. The third-order valence-electron chi connectivity index (χ3n) is 4.15. The van der Waals surface area contributed by atoms with E-state index in [0.29, 0.717) is 6.42 Å². The fourth-order valence-corrected chi connectivity index (χ4v) is 3.86. The topological polar surface area (TPSA) is 69.6 Å². The lowest BCUT2D eigenvalue weighted by molar-refractivity contribution is -0.142. The molecule has 0 aromatic heterocycles. The van der Waals surface area contributed by atoms with E-state index in [2.05, 4.69) is 5.32 Å². The number of urea groups is 1. The van der Waals surface area contributed by atoms with Crippen molar-refractivity contribution in [2.45, 2.75) is 44.6 Å². The normalized spacial score (nSPS) is 28.3. The lowest BCUT2D eigenvalue weighted by Crippen LogP contribution is -2.49. The largest absolute Gasteiger partial charge is 0.481 e. The fraction of sp³-hybridized carbons (Fsp3) is 0.857. The van der Waals surface area contributed by atoms with Crippen molar-refractivity contribution in [1.29, 1.82) is 0 Å². The van der Waals surface area contributed by atoms with Crippen molar-refractivity contribution in [3.8, 4) is 0 Å². The van der Waals surface area contributed by atoms with Crippen LogP contribution in [0.4, 0.5) is 4.79 Å². The van der Waals surface area contributed by atoms with Crippen LogP contribution in [0.3, 0.4) is 0 Å². The molecule has 2 amide bonds. The summed E-state index contributed by atoms with van der Waals surface area (Å²) < 4.78 is 0. The Morgan fingerprint density at radius 2 is 1.85 bits per heavy atom. The van der Waals surface area contributed by atoms with E-state index >= 15 is 0 Å². The first-order chi connectivity index (χ1) is 9.68. The lowest BCUT2D eigenvalue weighted by atomic mass is 9.95. The van der Waals surface area contributed by atoms with Crippen molar-refractivity contribution >= 4 is 23.8 Å². The molecule has 0 aromatic carbocycles. The van der Waals surface area contributed by atoms with Crippen LogP contribution in [0.1, 0.15) is 38.5 Å². The molecule has 2 atom stereocenters. The van der Waals surface area contributed by atoms with Gasteiger partial charge < -0.3 is 15.3 Å². The summed E-state index contributed by atoms with van der Waals surface area (Å²) in [5, 5.41) is 12.3. The predicted octanol–water partition coefficient (Wildman–Crippen LogP) is 2.17. The van der Waals surface area contributed by atoms with Gasteiger partial charge in [0.15, 0.2) is 0 Å². The number of hydrogen-bond acceptors (Lipinski definition) is 3. The van der Waals surface area contributed by atoms with Crippen LogP contribution in [0, 0.1) is 5.92 Å². The van der Waals surface area contributed by atoms with E-state index in [-0.39, 0.29) is 12.1 Å². The van der Waals surface area contributed by atoms with E-state index in [1.807, 2.05) is 16.7 Å². The van der Waals surface area contributed by atoms with E-state index in [1.165, 1.54) is 0 Å². The van der Waals surface area contributed by atoms with Gasteiger partial charge in [-0.05, 0) is 25.0 Å². The summed E-state index contributed by atoms with van der Waals surface area (Å²) in [5.74, 6) is 0.872. The van der Waals surface area contributed by atoms with Crippen molar-refractivity contribution in [3.63, 3.8) is 0 Å². The summed E-state index contributed by atoms with van der Waals surface area (Å²) in [6.45, 7) is 1.55. The predicted molar refractivity (Wildman–Crippen MR) is 80.0 cm³/mol. The summed E-state index contributed by atoms with van der Waals surface area (Å²) in [5.41, 5.74) is 0. The molecule has 2 aliphatic rings. The highest BCUT2D eigenvalue weighted by molar-refractivity contribution is 7.99. The first-order valence-corrected chi connectivity index (χ1v) is 8.70. The van der Waals surface area contributed by atoms with Gasteiger partial charge in [-0.2, -0.15) is 11.8 Å². The molecule has 6 heteroatoms. The number of nitrogens with one attached hydrogen (secondary N) is 1. The Labute approximate surface area is 124 Å². The number of carbonyl (C=O) groups is 2. The molecule has 2 rings (SSSR count). The van der Waals surface area contributed by atoms with Crippen LogP contribution in [-0.4, -0.2) is 52.6 Å². The van der Waals surface area contributed by atoms with Gasteiger partial charge in [0.05, 0.1) is 5.92 Å². The van der Waals surface area contributed by atoms with Gasteiger partial charge in [0.1, 0.15) is 0 Å². The Kier molecular flexibility index (Phi) is 6.01. The second kappa shape index (κ2) is 7.76. The van der Waals surface area contributed by atoms with Gasteiger partial charge in [-0.25, -0.2) is 4.79 Å². The number of rotatable bonds is 2. The number of hydrogen-bond donors (Lipinski definition) is 2. The highest BCUT2D eigenvalue weighted by atomic mass is 32.2. The van der Waals surface area contributed by atoms with Crippen molar-refractivity contribution < 1.29 is 14.7 Å². The molecule has 0 bridgehead atoms. The Hall–Kier alpha value is -0.910. The van der Waals surface area contributed by atoms with Gasteiger partial charge in [-0.3, -0.25) is 4.79 Å². The number of aliphatic carboxylic acids is 1. The van der Waals surface area contributed by atoms with Crippen molar-refractivity contribution in [2.24, 2.45) is 5.92 Å². The molecular formula is C14H24N2O3S. The SMILES string of the molecule is O=C(O)C1CCCCCC1NC(=O)N1CCCSCC1. The number of thioether (sulfide) groups is 1. The molecule has 0 aromatic rings. The summed E-state index contributed by atoms with van der Waals surface area (Å²) in [7, 11) is 0. The molecule has 2 N–H and O–H groups in total. The average Bonchev–Trinajstić information content (AvgIpc) is 2.80. The second-order valence-electron chi connectivity index (χ2n) is 5.59. The smallest absolute Gasteiger partial charge is 0.317 e. The number of carboxylic acid groups (broad SMARTS) is 1. The molecule has 2 fully saturated rings. The molecule has 1 saturated heterocycles. The van der Waals surface area contributed by atoms with Gasteiger partial charge in [-0.15, -0.1) is 0 Å². The van der Waals surface area contributed by atoms with E-state index in [0.717, 1.165) is 56.7 Å². The zero-order chi connectivity index (χ0) is 14.4. The third-order valence-corrected chi connectivity index (χ3v) is 5.20. The number of carbonyl (C=O) groups excluding carboxylic acids is 1. The molecule has 1 aliphatic heterocycles. The van der Waals surface area contributed by atoms with E-state index in [1.54, 1.807) is 0 Å². The maximum Gasteiger partial charge on any atom is 0.317 e. The van der Waals surface area contributed by atoms with Crippen molar-refractivity contribution in [1.82, 2.24) is 10.2 Å². The van der Waals surface area contributed by atoms with Crippen LogP contribution >= 0.6 is 11.8 Å². The molecule has 2 unspecified atom stereocenters. The first-order valence-electron chi connectivity index (χ1n) is 7.54. The van der Waals surface area contributed by atoms with Gasteiger partial charge in [0.25, 0.3) is 0 Å². The molecule has 20 heavy (non-hydrogen) atoms. The fourth-order valence-electron chi connectivity index (χ4n) is 2.98. The number of amides is 2.